The van der Waals surface area contributed by atoms with Crippen LogP contribution in [-0.4, -0.2) is 31.2 Å². The molecule has 4 aromatic rings. The average Bonchev–Trinajstić information content (AvgIpc) is 3.24. The van der Waals surface area contributed by atoms with E-state index in [4.69, 9.17) is 14.9 Å². The highest BCUT2D eigenvalue weighted by Crippen LogP contribution is 2.44. The monoisotopic (exact) mass is 525 g/mol. The number of unbranched alkanes of at least 4 members (excludes halogenated alkanes) is 1. The second kappa shape index (κ2) is 11.5. The molecule has 0 fully saturated rings. The highest BCUT2D eigenvalue weighted by molar-refractivity contribution is 5.98. The van der Waals surface area contributed by atoms with E-state index in [1.165, 1.54) is 6.07 Å². The Kier molecular flexibility index (Phi) is 7.74. The van der Waals surface area contributed by atoms with Crippen molar-refractivity contribution in [2.24, 2.45) is 5.73 Å². The number of anilines is 1. The van der Waals surface area contributed by atoms with Gasteiger partial charge in [0.15, 0.2) is 0 Å². The molecule has 3 aromatic carbocycles. The number of nitrogens with two attached hydrogens (primary N) is 1. The van der Waals surface area contributed by atoms with Crippen molar-refractivity contribution in [2.75, 3.05) is 18.5 Å². The summed E-state index contributed by atoms with van der Waals surface area (Å²) in [6.45, 7) is 2.46. The number of fused-ring (bicyclic) bond motifs is 4. The van der Waals surface area contributed by atoms with Crippen LogP contribution in [0.2, 0.25) is 0 Å². The molecule has 2 amide bonds. The van der Waals surface area contributed by atoms with E-state index in [1.807, 2.05) is 31.2 Å². The molecule has 200 valence electrons. The van der Waals surface area contributed by atoms with Gasteiger partial charge in [-0.2, -0.15) is 0 Å². The minimum atomic E-state index is -0.826. The van der Waals surface area contributed by atoms with Gasteiger partial charge < -0.3 is 25.5 Å². The lowest BCUT2D eigenvalue weighted by Gasteiger charge is -2.20. The first-order valence-electron chi connectivity index (χ1n) is 13.1. The number of ether oxygens (including phenoxy) is 1. The SMILES string of the molecule is Cc1cc(=O)oc2cc(NC(=O)C(CCCCN)NC(=O)OCC3c4ccccc4-c4ccccc43)ccc12. The molecule has 1 unspecified atom stereocenters. The van der Waals surface area contributed by atoms with Gasteiger partial charge >= 0.3 is 11.7 Å². The van der Waals surface area contributed by atoms with Crippen molar-refractivity contribution in [3.8, 4) is 11.1 Å². The number of carbonyl (C=O) groups is 2. The van der Waals surface area contributed by atoms with Crippen molar-refractivity contribution >= 4 is 28.7 Å². The van der Waals surface area contributed by atoms with E-state index in [1.54, 1.807) is 18.2 Å². The lowest BCUT2D eigenvalue weighted by molar-refractivity contribution is -0.118. The van der Waals surface area contributed by atoms with Gasteiger partial charge in [-0.25, -0.2) is 9.59 Å². The van der Waals surface area contributed by atoms with Crippen LogP contribution in [0.5, 0.6) is 0 Å². The Morgan fingerprint density at radius 1 is 0.974 bits per heavy atom. The second-order valence-corrected chi connectivity index (χ2v) is 9.76. The number of benzene rings is 3. The molecule has 8 heteroatoms. The third-order valence-corrected chi connectivity index (χ3v) is 7.12. The molecule has 0 radical (unpaired) electrons. The molecular formula is C31H31N3O5. The van der Waals surface area contributed by atoms with Crippen molar-refractivity contribution in [3.63, 3.8) is 0 Å². The Bertz CT molecular complexity index is 1530. The van der Waals surface area contributed by atoms with Crippen molar-refractivity contribution in [1.29, 1.82) is 0 Å². The largest absolute Gasteiger partial charge is 0.449 e. The number of nitrogens with one attached hydrogen (secondary N) is 2. The summed E-state index contributed by atoms with van der Waals surface area (Å²) in [5.41, 5.74) is 11.3. The number of aryl methyl sites for hydroxylation is 1. The van der Waals surface area contributed by atoms with Crippen LogP contribution in [0.25, 0.3) is 22.1 Å². The third-order valence-electron chi connectivity index (χ3n) is 7.12. The topological polar surface area (TPSA) is 124 Å². The first-order valence-corrected chi connectivity index (χ1v) is 13.1. The van der Waals surface area contributed by atoms with Gasteiger partial charge in [-0.3, -0.25) is 4.79 Å². The maximum absolute atomic E-state index is 13.2. The standard InChI is InChI=1S/C31H31N3O5/c1-19-16-29(35)39-28-17-20(13-14-21(19)28)33-30(36)27(12-6-7-15-32)34-31(37)38-18-26-24-10-4-2-8-22(24)23-9-3-5-11-25(23)26/h2-5,8-11,13-14,16-17,26-27H,6-7,12,15,18,32H2,1H3,(H,33,36)(H,34,37). The molecule has 5 rings (SSSR count). The Morgan fingerprint density at radius 3 is 2.36 bits per heavy atom. The fourth-order valence-corrected chi connectivity index (χ4v) is 5.18. The Balaban J connectivity index is 1.27. The maximum Gasteiger partial charge on any atom is 0.407 e. The fraction of sp³-hybridized carbons (Fsp3) is 0.258. The lowest BCUT2D eigenvalue weighted by Crippen LogP contribution is -2.44. The minimum absolute atomic E-state index is 0.0802. The summed E-state index contributed by atoms with van der Waals surface area (Å²) in [5.74, 6) is -0.474. The fourth-order valence-electron chi connectivity index (χ4n) is 5.18. The van der Waals surface area contributed by atoms with Crippen LogP contribution in [0, 0.1) is 6.92 Å². The molecule has 8 nitrogen and oxygen atoms in total. The summed E-state index contributed by atoms with van der Waals surface area (Å²) in [6, 6.07) is 21.9. The van der Waals surface area contributed by atoms with Gasteiger partial charge in [0.1, 0.15) is 18.2 Å². The number of alkyl carbamates (subject to hydrolysis) is 1. The number of amides is 2. The van der Waals surface area contributed by atoms with Crippen LogP contribution in [0.4, 0.5) is 10.5 Å². The Labute approximate surface area is 226 Å². The van der Waals surface area contributed by atoms with Crippen LogP contribution >= 0.6 is 0 Å². The summed E-state index contributed by atoms with van der Waals surface area (Å²) < 4.78 is 10.9. The number of rotatable bonds is 9. The number of hydrogen-bond donors (Lipinski definition) is 3. The van der Waals surface area contributed by atoms with Gasteiger partial charge in [-0.1, -0.05) is 48.5 Å². The van der Waals surface area contributed by atoms with Crippen molar-refractivity contribution in [2.45, 2.75) is 38.1 Å². The van der Waals surface area contributed by atoms with E-state index in [-0.39, 0.29) is 12.5 Å². The van der Waals surface area contributed by atoms with Gasteiger partial charge in [0.2, 0.25) is 5.91 Å². The van der Waals surface area contributed by atoms with Crippen LogP contribution in [0.15, 0.2) is 82.0 Å². The summed E-state index contributed by atoms with van der Waals surface area (Å²) in [4.78, 5) is 37.9. The smallest absolute Gasteiger partial charge is 0.407 e. The van der Waals surface area contributed by atoms with E-state index >= 15 is 0 Å². The normalized spacial score (nSPS) is 13.0. The van der Waals surface area contributed by atoms with E-state index in [0.29, 0.717) is 30.7 Å². The third kappa shape index (κ3) is 5.71. The van der Waals surface area contributed by atoms with Crippen molar-refractivity contribution < 1.29 is 18.7 Å². The predicted molar refractivity (Wildman–Crippen MR) is 151 cm³/mol. The Morgan fingerprint density at radius 2 is 1.67 bits per heavy atom. The molecule has 0 aliphatic heterocycles. The summed E-state index contributed by atoms with van der Waals surface area (Å²) in [7, 11) is 0. The summed E-state index contributed by atoms with van der Waals surface area (Å²) >= 11 is 0. The first-order chi connectivity index (χ1) is 18.9. The van der Waals surface area contributed by atoms with E-state index < -0.39 is 23.7 Å². The highest BCUT2D eigenvalue weighted by Gasteiger charge is 2.29. The van der Waals surface area contributed by atoms with Crippen LogP contribution in [0.1, 0.15) is 41.9 Å². The number of carbonyl (C=O) groups excluding carboxylic acids is 2. The Hall–Kier alpha value is -4.43. The molecule has 1 heterocycles. The molecule has 1 atom stereocenters. The number of hydrogen-bond acceptors (Lipinski definition) is 6. The van der Waals surface area contributed by atoms with Gasteiger partial charge in [0.25, 0.3) is 0 Å². The van der Waals surface area contributed by atoms with Crippen molar-refractivity contribution in [1.82, 2.24) is 5.32 Å². The molecule has 4 N–H and O–H groups in total. The molecule has 1 aliphatic carbocycles. The predicted octanol–water partition coefficient (Wildman–Crippen LogP) is 5.08. The molecule has 0 spiro atoms. The van der Waals surface area contributed by atoms with E-state index in [9.17, 15) is 14.4 Å². The van der Waals surface area contributed by atoms with Gasteiger partial charge in [0.05, 0.1) is 0 Å². The van der Waals surface area contributed by atoms with E-state index in [2.05, 4.69) is 34.9 Å². The molecular weight excluding hydrogens is 494 g/mol. The quantitative estimate of drug-likeness (QED) is 0.207. The molecule has 0 saturated heterocycles. The zero-order valence-corrected chi connectivity index (χ0v) is 21.7. The minimum Gasteiger partial charge on any atom is -0.449 e. The zero-order valence-electron chi connectivity index (χ0n) is 21.7. The zero-order chi connectivity index (χ0) is 27.4. The van der Waals surface area contributed by atoms with Crippen LogP contribution < -0.4 is 22.0 Å². The first kappa shape index (κ1) is 26.2. The van der Waals surface area contributed by atoms with Gasteiger partial charge in [-0.05, 0) is 72.7 Å². The second-order valence-electron chi connectivity index (χ2n) is 9.76. The van der Waals surface area contributed by atoms with Crippen LogP contribution in [-0.2, 0) is 9.53 Å². The molecule has 0 bridgehead atoms. The maximum atomic E-state index is 13.2. The molecule has 1 aromatic heterocycles. The molecule has 0 saturated carbocycles. The van der Waals surface area contributed by atoms with Gasteiger partial charge in [-0.15, -0.1) is 0 Å². The van der Waals surface area contributed by atoms with Crippen molar-refractivity contribution in [3.05, 3.63) is 99.9 Å². The molecule has 1 aliphatic rings. The highest BCUT2D eigenvalue weighted by atomic mass is 16.5. The summed E-state index contributed by atoms with van der Waals surface area (Å²) in [5, 5.41) is 6.34. The van der Waals surface area contributed by atoms with E-state index in [0.717, 1.165) is 39.6 Å². The van der Waals surface area contributed by atoms with Crippen LogP contribution in [0.3, 0.4) is 0 Å². The molecule has 39 heavy (non-hydrogen) atoms. The lowest BCUT2D eigenvalue weighted by atomic mass is 9.98. The average molecular weight is 526 g/mol. The van der Waals surface area contributed by atoms with Gasteiger partial charge in [0, 0.05) is 29.1 Å². The summed E-state index contributed by atoms with van der Waals surface area (Å²) in [6.07, 6.45) is 1.11.